The van der Waals surface area contributed by atoms with Crippen LogP contribution in [0, 0.1) is 20.8 Å². The zero-order chi connectivity index (χ0) is 15.6. The summed E-state index contributed by atoms with van der Waals surface area (Å²) in [6, 6.07) is 10.1. The summed E-state index contributed by atoms with van der Waals surface area (Å²) >= 11 is 6.74. The Hall–Kier alpha value is -1.67. The predicted molar refractivity (Wildman–Crippen MR) is 87.9 cm³/mol. The van der Waals surface area contributed by atoms with Gasteiger partial charge in [-0.1, -0.05) is 17.7 Å². The number of ether oxygens (including phenoxy) is 2. The van der Waals surface area contributed by atoms with Crippen LogP contribution in [0.2, 0.25) is 0 Å². The average Bonchev–Trinajstić information content (AvgIpc) is 2.45. The summed E-state index contributed by atoms with van der Waals surface area (Å²) in [5.74, 6) is 1.50. The van der Waals surface area contributed by atoms with Crippen molar-refractivity contribution in [3.63, 3.8) is 0 Å². The van der Waals surface area contributed by atoms with E-state index in [-0.39, 0.29) is 5.38 Å². The van der Waals surface area contributed by atoms with Crippen LogP contribution < -0.4 is 9.47 Å². The fourth-order valence-electron chi connectivity index (χ4n) is 2.73. The SMILES string of the molecule is COc1cc(OC)cc(C(Cl)c2c(C)cc(C)cc2C)c1. The summed E-state index contributed by atoms with van der Waals surface area (Å²) in [5.41, 5.74) is 5.78. The second-order valence-electron chi connectivity index (χ2n) is 5.32. The monoisotopic (exact) mass is 304 g/mol. The smallest absolute Gasteiger partial charge is 0.122 e. The highest BCUT2D eigenvalue weighted by Crippen LogP contribution is 2.37. The number of alkyl halides is 1. The Labute approximate surface area is 131 Å². The molecule has 2 aromatic rings. The first kappa shape index (κ1) is 15.7. The first-order valence-electron chi connectivity index (χ1n) is 6.91. The number of aryl methyl sites for hydroxylation is 3. The van der Waals surface area contributed by atoms with E-state index < -0.39 is 0 Å². The summed E-state index contributed by atoms with van der Waals surface area (Å²) in [5, 5.41) is -0.227. The average molecular weight is 305 g/mol. The topological polar surface area (TPSA) is 18.5 Å². The second-order valence-corrected chi connectivity index (χ2v) is 5.76. The lowest BCUT2D eigenvalue weighted by molar-refractivity contribution is 0.393. The van der Waals surface area contributed by atoms with Crippen LogP contribution >= 0.6 is 11.6 Å². The molecule has 3 heteroatoms. The number of benzene rings is 2. The first-order valence-corrected chi connectivity index (χ1v) is 7.34. The Morgan fingerprint density at radius 2 is 1.29 bits per heavy atom. The Kier molecular flexibility index (Phi) is 4.79. The van der Waals surface area contributed by atoms with Crippen LogP contribution in [-0.4, -0.2) is 14.2 Å². The molecule has 0 bridgehead atoms. The van der Waals surface area contributed by atoms with E-state index >= 15 is 0 Å². The molecule has 21 heavy (non-hydrogen) atoms. The van der Waals surface area contributed by atoms with Crippen molar-refractivity contribution < 1.29 is 9.47 Å². The molecule has 0 aliphatic heterocycles. The summed E-state index contributed by atoms with van der Waals surface area (Å²) in [4.78, 5) is 0. The normalized spacial score (nSPS) is 12.1. The third kappa shape index (κ3) is 3.33. The molecule has 0 saturated carbocycles. The van der Waals surface area contributed by atoms with E-state index in [9.17, 15) is 0 Å². The zero-order valence-electron chi connectivity index (χ0n) is 13.2. The molecule has 2 rings (SSSR count). The number of rotatable bonds is 4. The lowest BCUT2D eigenvalue weighted by Gasteiger charge is -2.18. The molecule has 0 aliphatic rings. The standard InChI is InChI=1S/C18H21ClO2/c1-11-6-12(2)17(13(3)7-11)18(19)14-8-15(20-4)10-16(9-14)21-5/h6-10,18H,1-5H3. The van der Waals surface area contributed by atoms with Crippen LogP contribution in [0.25, 0.3) is 0 Å². The molecule has 0 aromatic heterocycles. The molecular weight excluding hydrogens is 284 g/mol. The van der Waals surface area contributed by atoms with Gasteiger partial charge >= 0.3 is 0 Å². The Morgan fingerprint density at radius 1 is 0.810 bits per heavy atom. The summed E-state index contributed by atoms with van der Waals surface area (Å²) in [6.07, 6.45) is 0. The number of methoxy groups -OCH3 is 2. The van der Waals surface area contributed by atoms with Crippen LogP contribution in [-0.2, 0) is 0 Å². The molecule has 0 amide bonds. The maximum Gasteiger partial charge on any atom is 0.122 e. The summed E-state index contributed by atoms with van der Waals surface area (Å²) in [7, 11) is 3.29. The van der Waals surface area contributed by atoms with E-state index in [1.165, 1.54) is 16.7 Å². The Bertz CT molecular complexity index is 604. The summed E-state index contributed by atoms with van der Waals surface area (Å²) < 4.78 is 10.6. The molecule has 1 unspecified atom stereocenters. The highest BCUT2D eigenvalue weighted by Gasteiger charge is 2.18. The lowest BCUT2D eigenvalue weighted by atomic mass is 9.93. The van der Waals surface area contributed by atoms with Gasteiger partial charge < -0.3 is 9.47 Å². The largest absolute Gasteiger partial charge is 0.497 e. The number of halogens is 1. The minimum Gasteiger partial charge on any atom is -0.497 e. The van der Waals surface area contributed by atoms with Crippen LogP contribution in [0.3, 0.4) is 0 Å². The minimum atomic E-state index is -0.227. The van der Waals surface area contributed by atoms with Crippen molar-refractivity contribution in [3.8, 4) is 11.5 Å². The number of hydrogen-bond acceptors (Lipinski definition) is 2. The molecule has 0 radical (unpaired) electrons. The van der Waals surface area contributed by atoms with E-state index in [1.54, 1.807) is 14.2 Å². The van der Waals surface area contributed by atoms with E-state index in [4.69, 9.17) is 21.1 Å². The van der Waals surface area contributed by atoms with Crippen LogP contribution in [0.4, 0.5) is 0 Å². The third-order valence-electron chi connectivity index (χ3n) is 3.66. The maximum absolute atomic E-state index is 6.74. The molecular formula is C18H21ClO2. The molecule has 0 N–H and O–H groups in total. The zero-order valence-corrected chi connectivity index (χ0v) is 13.9. The Balaban J connectivity index is 2.52. The van der Waals surface area contributed by atoms with Crippen molar-refractivity contribution in [1.29, 1.82) is 0 Å². The molecule has 2 nitrogen and oxygen atoms in total. The van der Waals surface area contributed by atoms with Gasteiger partial charge in [-0.2, -0.15) is 0 Å². The minimum absolute atomic E-state index is 0.227. The predicted octanol–water partition coefficient (Wildman–Crippen LogP) is 4.96. The van der Waals surface area contributed by atoms with E-state index in [0.29, 0.717) is 0 Å². The van der Waals surface area contributed by atoms with Crippen molar-refractivity contribution >= 4 is 11.6 Å². The first-order chi connectivity index (χ1) is 9.96. The molecule has 112 valence electrons. The van der Waals surface area contributed by atoms with Gasteiger partial charge in [0.2, 0.25) is 0 Å². The quantitative estimate of drug-likeness (QED) is 0.743. The van der Waals surface area contributed by atoms with Crippen molar-refractivity contribution in [3.05, 3.63) is 58.1 Å². The highest BCUT2D eigenvalue weighted by molar-refractivity contribution is 6.22. The van der Waals surface area contributed by atoms with Gasteiger partial charge in [0.15, 0.2) is 0 Å². The molecule has 0 saturated heterocycles. The van der Waals surface area contributed by atoms with Crippen LogP contribution in [0.15, 0.2) is 30.3 Å². The van der Waals surface area contributed by atoms with Crippen LogP contribution in [0.1, 0.15) is 33.2 Å². The molecule has 0 aliphatic carbocycles. The third-order valence-corrected chi connectivity index (χ3v) is 4.13. The lowest BCUT2D eigenvalue weighted by Crippen LogP contribution is -2.01. The molecule has 0 spiro atoms. The van der Waals surface area contributed by atoms with Gasteiger partial charge in [-0.25, -0.2) is 0 Å². The van der Waals surface area contributed by atoms with E-state index in [0.717, 1.165) is 22.6 Å². The van der Waals surface area contributed by atoms with E-state index in [1.807, 2.05) is 18.2 Å². The van der Waals surface area contributed by atoms with Gasteiger partial charge in [-0.05, 0) is 55.2 Å². The van der Waals surface area contributed by atoms with Gasteiger partial charge in [0, 0.05) is 6.07 Å². The molecule has 0 heterocycles. The summed E-state index contributed by atoms with van der Waals surface area (Å²) in [6.45, 7) is 6.30. The van der Waals surface area contributed by atoms with Gasteiger partial charge in [0.1, 0.15) is 11.5 Å². The second kappa shape index (κ2) is 6.40. The Morgan fingerprint density at radius 3 is 1.71 bits per heavy atom. The van der Waals surface area contributed by atoms with Crippen molar-refractivity contribution in [2.75, 3.05) is 14.2 Å². The highest BCUT2D eigenvalue weighted by atomic mass is 35.5. The fraction of sp³-hybridized carbons (Fsp3) is 0.333. The van der Waals surface area contributed by atoms with Crippen molar-refractivity contribution in [2.45, 2.75) is 26.1 Å². The van der Waals surface area contributed by atoms with Crippen molar-refractivity contribution in [2.24, 2.45) is 0 Å². The number of hydrogen-bond donors (Lipinski definition) is 0. The molecule has 0 fully saturated rings. The van der Waals surface area contributed by atoms with Gasteiger partial charge in [0.05, 0.1) is 19.6 Å². The van der Waals surface area contributed by atoms with Gasteiger partial charge in [-0.3, -0.25) is 0 Å². The van der Waals surface area contributed by atoms with Crippen LogP contribution in [0.5, 0.6) is 11.5 Å². The van der Waals surface area contributed by atoms with Crippen molar-refractivity contribution in [1.82, 2.24) is 0 Å². The fourth-order valence-corrected chi connectivity index (χ4v) is 3.20. The van der Waals surface area contributed by atoms with E-state index in [2.05, 4.69) is 32.9 Å². The van der Waals surface area contributed by atoms with Gasteiger partial charge in [-0.15, -0.1) is 11.6 Å². The maximum atomic E-state index is 6.74. The van der Waals surface area contributed by atoms with Gasteiger partial charge in [0.25, 0.3) is 0 Å². The molecule has 2 aromatic carbocycles. The molecule has 1 atom stereocenters.